The van der Waals surface area contributed by atoms with Crippen LogP contribution in [0.25, 0.3) is 10.9 Å². The Morgan fingerprint density at radius 2 is 2.03 bits per heavy atom. The first kappa shape index (κ1) is 22.5. The number of nitrogens with one attached hydrogen (secondary N) is 1. The van der Waals surface area contributed by atoms with Gasteiger partial charge in [0.2, 0.25) is 11.8 Å². The number of nitrogens with zero attached hydrogens (tertiary/aromatic N) is 3. The van der Waals surface area contributed by atoms with Gasteiger partial charge in [0.15, 0.2) is 0 Å². The Morgan fingerprint density at radius 3 is 2.70 bits per heavy atom. The van der Waals surface area contributed by atoms with E-state index in [1.807, 2.05) is 0 Å². The Labute approximate surface area is 184 Å². The van der Waals surface area contributed by atoms with E-state index in [2.05, 4.69) is 10.3 Å². The minimum Gasteiger partial charge on any atom is -0.376 e. The fourth-order valence-corrected chi connectivity index (χ4v) is 3.92. The van der Waals surface area contributed by atoms with Gasteiger partial charge in [-0.05, 0) is 31.0 Å². The highest BCUT2D eigenvalue weighted by Crippen LogP contribution is 2.28. The van der Waals surface area contributed by atoms with Gasteiger partial charge in [-0.25, -0.2) is 4.98 Å². The number of piperidine rings is 1. The molecular formula is C20H24Cl2N4O4. The van der Waals surface area contributed by atoms with Crippen molar-refractivity contribution in [1.82, 2.24) is 19.8 Å². The van der Waals surface area contributed by atoms with Crippen molar-refractivity contribution >= 4 is 45.9 Å². The number of halogens is 2. The maximum Gasteiger partial charge on any atom is 0.261 e. The summed E-state index contributed by atoms with van der Waals surface area (Å²) >= 11 is 11.4. The maximum atomic E-state index is 12.9. The number of fused-ring (bicyclic) bond motifs is 1. The minimum absolute atomic E-state index is 0.0315. The van der Waals surface area contributed by atoms with Gasteiger partial charge in [-0.1, -0.05) is 11.6 Å². The third-order valence-electron chi connectivity index (χ3n) is 5.49. The predicted molar refractivity (Wildman–Crippen MR) is 115 cm³/mol. The van der Waals surface area contributed by atoms with Gasteiger partial charge in [-0.2, -0.15) is 0 Å². The second-order valence-electron chi connectivity index (χ2n) is 7.34. The van der Waals surface area contributed by atoms with Crippen molar-refractivity contribution in [2.45, 2.75) is 31.4 Å². The molecule has 0 saturated carbocycles. The number of amides is 2. The number of carbonyl (C=O) groups is 2. The third-order valence-corrected chi connectivity index (χ3v) is 5.97. The Hall–Kier alpha value is -2.16. The van der Waals surface area contributed by atoms with Gasteiger partial charge in [0, 0.05) is 38.2 Å². The molecule has 1 aliphatic rings. The summed E-state index contributed by atoms with van der Waals surface area (Å²) in [5.74, 6) is -0.446. The molecule has 2 amide bonds. The lowest BCUT2D eigenvalue weighted by Crippen LogP contribution is -2.51. The zero-order chi connectivity index (χ0) is 21.7. The molecule has 1 aliphatic heterocycles. The summed E-state index contributed by atoms with van der Waals surface area (Å²) in [7, 11) is 1.62. The number of alkyl halides is 1. The van der Waals surface area contributed by atoms with Crippen LogP contribution in [0.15, 0.2) is 29.3 Å². The number of carbonyl (C=O) groups excluding carboxylic acids is 2. The lowest BCUT2D eigenvalue weighted by Gasteiger charge is -2.41. The van der Waals surface area contributed by atoms with Crippen molar-refractivity contribution in [1.29, 1.82) is 0 Å². The van der Waals surface area contributed by atoms with E-state index in [9.17, 15) is 14.4 Å². The summed E-state index contributed by atoms with van der Waals surface area (Å²) in [5, 5.41) is 3.62. The Balaban J connectivity index is 1.64. The van der Waals surface area contributed by atoms with Crippen LogP contribution < -0.4 is 10.9 Å². The zero-order valence-electron chi connectivity index (χ0n) is 16.7. The van der Waals surface area contributed by atoms with Crippen LogP contribution in [0.2, 0.25) is 5.02 Å². The third kappa shape index (κ3) is 5.11. The highest BCUT2D eigenvalue weighted by atomic mass is 35.5. The molecule has 10 heteroatoms. The molecule has 2 heterocycles. The zero-order valence-corrected chi connectivity index (χ0v) is 18.2. The minimum atomic E-state index is -0.560. The largest absolute Gasteiger partial charge is 0.376 e. The highest BCUT2D eigenvalue weighted by molar-refractivity contribution is 6.31. The fraction of sp³-hybridized carbons (Fsp3) is 0.500. The molecule has 3 rings (SSSR count). The smallest absolute Gasteiger partial charge is 0.261 e. The van der Waals surface area contributed by atoms with Gasteiger partial charge >= 0.3 is 0 Å². The van der Waals surface area contributed by atoms with E-state index in [-0.39, 0.29) is 36.2 Å². The molecule has 162 valence electrons. The molecule has 1 aromatic heterocycles. The molecule has 0 radical (unpaired) electrons. The van der Waals surface area contributed by atoms with Crippen LogP contribution in [0.5, 0.6) is 0 Å². The van der Waals surface area contributed by atoms with E-state index < -0.39 is 5.60 Å². The summed E-state index contributed by atoms with van der Waals surface area (Å²) in [6, 6.07) is 5.00. The van der Waals surface area contributed by atoms with Crippen molar-refractivity contribution in [2.24, 2.45) is 0 Å². The molecule has 1 fully saturated rings. The van der Waals surface area contributed by atoms with Crippen LogP contribution in [0.1, 0.15) is 19.3 Å². The number of aromatic nitrogens is 2. The van der Waals surface area contributed by atoms with E-state index in [1.165, 1.54) is 6.33 Å². The van der Waals surface area contributed by atoms with E-state index in [0.717, 1.165) is 0 Å². The summed E-state index contributed by atoms with van der Waals surface area (Å²) in [6.07, 6.45) is 2.92. The van der Waals surface area contributed by atoms with Crippen molar-refractivity contribution in [3.05, 3.63) is 39.9 Å². The van der Waals surface area contributed by atoms with Crippen molar-refractivity contribution in [3.8, 4) is 0 Å². The number of rotatable bonds is 7. The standard InChI is InChI=1S/C20H24Cl2N4O4/c1-30-20(5-8-25(9-6-20)18(28)4-7-23-17(27)11-21)12-26-13-24-16-10-14(22)2-3-15(16)19(26)29/h2-3,10,13H,4-9,11-12H2,1H3,(H,23,27). The Morgan fingerprint density at radius 1 is 1.30 bits per heavy atom. The molecule has 1 N–H and O–H groups in total. The first-order valence-electron chi connectivity index (χ1n) is 9.68. The molecule has 1 saturated heterocycles. The van der Waals surface area contributed by atoms with Crippen molar-refractivity contribution in [3.63, 3.8) is 0 Å². The van der Waals surface area contributed by atoms with Crippen LogP contribution in [0.3, 0.4) is 0 Å². The molecule has 30 heavy (non-hydrogen) atoms. The summed E-state index contributed by atoms with van der Waals surface area (Å²) < 4.78 is 7.36. The summed E-state index contributed by atoms with van der Waals surface area (Å²) in [5.41, 5.74) is -0.159. The molecule has 0 spiro atoms. The molecule has 1 aromatic carbocycles. The van der Waals surface area contributed by atoms with Crippen LogP contribution in [0.4, 0.5) is 0 Å². The predicted octanol–water partition coefficient (Wildman–Crippen LogP) is 1.80. The van der Waals surface area contributed by atoms with Gasteiger partial charge in [-0.15, -0.1) is 11.6 Å². The van der Waals surface area contributed by atoms with Gasteiger partial charge in [0.05, 0.1) is 29.4 Å². The van der Waals surface area contributed by atoms with E-state index in [0.29, 0.717) is 48.4 Å². The molecular weight excluding hydrogens is 431 g/mol. The average Bonchev–Trinajstić information content (AvgIpc) is 2.76. The van der Waals surface area contributed by atoms with Crippen molar-refractivity contribution < 1.29 is 14.3 Å². The number of ether oxygens (including phenoxy) is 1. The van der Waals surface area contributed by atoms with Crippen LogP contribution in [0, 0.1) is 0 Å². The van der Waals surface area contributed by atoms with E-state index in [1.54, 1.807) is 34.8 Å². The molecule has 8 nitrogen and oxygen atoms in total. The average molecular weight is 455 g/mol. The molecule has 0 aliphatic carbocycles. The van der Waals surface area contributed by atoms with Crippen molar-refractivity contribution in [2.75, 3.05) is 32.6 Å². The normalized spacial score (nSPS) is 15.9. The quantitative estimate of drug-likeness (QED) is 0.643. The van der Waals surface area contributed by atoms with Crippen LogP contribution in [-0.2, 0) is 20.9 Å². The molecule has 0 unspecified atom stereocenters. The fourth-order valence-electron chi connectivity index (χ4n) is 3.66. The molecule has 2 aromatic rings. The number of hydrogen-bond donors (Lipinski definition) is 1. The summed E-state index contributed by atoms with van der Waals surface area (Å²) in [6.45, 7) is 1.64. The SMILES string of the molecule is COC1(Cn2cnc3cc(Cl)ccc3c2=O)CCN(C(=O)CCNC(=O)CCl)CC1. The second-order valence-corrected chi connectivity index (χ2v) is 8.04. The van der Waals surface area contributed by atoms with E-state index in [4.69, 9.17) is 27.9 Å². The van der Waals surface area contributed by atoms with Gasteiger partial charge in [-0.3, -0.25) is 19.0 Å². The number of likely N-dealkylation sites (tertiary alicyclic amines) is 1. The number of hydrogen-bond acceptors (Lipinski definition) is 5. The van der Waals surface area contributed by atoms with Crippen LogP contribution in [-0.4, -0.2) is 64.5 Å². The lowest BCUT2D eigenvalue weighted by molar-refractivity contribution is -0.137. The monoisotopic (exact) mass is 454 g/mol. The Kier molecular flexibility index (Phi) is 7.33. The van der Waals surface area contributed by atoms with Gasteiger partial charge in [0.25, 0.3) is 5.56 Å². The number of benzene rings is 1. The number of methoxy groups -OCH3 is 1. The van der Waals surface area contributed by atoms with E-state index >= 15 is 0 Å². The first-order valence-corrected chi connectivity index (χ1v) is 10.6. The lowest BCUT2D eigenvalue weighted by atomic mass is 9.90. The van der Waals surface area contributed by atoms with Gasteiger partial charge in [0.1, 0.15) is 5.88 Å². The molecule has 0 atom stereocenters. The van der Waals surface area contributed by atoms with Crippen LogP contribution >= 0.6 is 23.2 Å². The maximum absolute atomic E-state index is 12.9. The van der Waals surface area contributed by atoms with Gasteiger partial charge < -0.3 is 15.0 Å². The first-order chi connectivity index (χ1) is 14.4. The second kappa shape index (κ2) is 9.76. The molecule has 0 bridgehead atoms. The summed E-state index contributed by atoms with van der Waals surface area (Å²) in [4.78, 5) is 42.5. The highest BCUT2D eigenvalue weighted by Gasteiger charge is 2.36. The Bertz CT molecular complexity index is 986. The topological polar surface area (TPSA) is 93.5 Å².